The van der Waals surface area contributed by atoms with Crippen LogP contribution in [0.5, 0.6) is 0 Å². The van der Waals surface area contributed by atoms with Crippen LogP contribution >= 0.6 is 33.9 Å². The van der Waals surface area contributed by atoms with Crippen LogP contribution < -0.4 is 11.1 Å². The molecular formula is C16H17IN2OS. The third kappa shape index (κ3) is 3.40. The van der Waals surface area contributed by atoms with Crippen molar-refractivity contribution in [3.8, 4) is 0 Å². The van der Waals surface area contributed by atoms with Gasteiger partial charge in [-0.05, 0) is 65.1 Å². The fraction of sp³-hybridized carbons (Fsp3) is 0.312. The summed E-state index contributed by atoms with van der Waals surface area (Å²) in [6.07, 6.45) is 3.80. The highest BCUT2D eigenvalue weighted by Gasteiger charge is 2.23. The maximum Gasteiger partial charge on any atom is 0.221 e. The summed E-state index contributed by atoms with van der Waals surface area (Å²) in [6.45, 7) is 0. The number of carbonyl (C=O) groups is 1. The predicted octanol–water partition coefficient (Wildman–Crippen LogP) is 3.87. The van der Waals surface area contributed by atoms with Crippen LogP contribution in [0.25, 0.3) is 0 Å². The summed E-state index contributed by atoms with van der Waals surface area (Å²) in [5.74, 6) is -0.293. The fourth-order valence-electron chi connectivity index (χ4n) is 2.86. The zero-order valence-corrected chi connectivity index (χ0v) is 14.5. The first-order chi connectivity index (χ1) is 10.1. The van der Waals surface area contributed by atoms with E-state index in [9.17, 15) is 4.79 Å². The second kappa shape index (κ2) is 6.36. The van der Waals surface area contributed by atoms with E-state index in [-0.39, 0.29) is 12.3 Å². The average molecular weight is 412 g/mol. The Labute approximate surface area is 142 Å². The Morgan fingerprint density at radius 1 is 1.43 bits per heavy atom. The summed E-state index contributed by atoms with van der Waals surface area (Å²) in [7, 11) is 0. The molecule has 0 fully saturated rings. The van der Waals surface area contributed by atoms with Crippen LogP contribution in [-0.2, 0) is 17.6 Å². The Hall–Kier alpha value is -1.08. The molecule has 0 saturated carbocycles. The molecule has 0 spiro atoms. The van der Waals surface area contributed by atoms with E-state index in [2.05, 4.69) is 34.0 Å². The normalized spacial score (nSPS) is 17.3. The third-order valence-electron chi connectivity index (χ3n) is 3.80. The third-order valence-corrected chi connectivity index (χ3v) is 5.77. The lowest BCUT2D eigenvalue weighted by Crippen LogP contribution is -2.18. The largest absolute Gasteiger partial charge is 0.378 e. The standard InChI is InChI=1S/C16H17IN2OS/c17-15-9-11-13(6-3-7-14(11)21-15)19-12-5-2-1-4-10(12)8-16(18)20/h1-2,4-5,9,13,19H,3,6-8H2,(H2,18,20). The van der Waals surface area contributed by atoms with Crippen molar-refractivity contribution >= 4 is 45.5 Å². The van der Waals surface area contributed by atoms with Gasteiger partial charge in [0.15, 0.2) is 0 Å². The SMILES string of the molecule is NC(=O)Cc1ccccc1NC1CCCc2sc(I)cc21. The highest BCUT2D eigenvalue weighted by atomic mass is 127. The van der Waals surface area contributed by atoms with Gasteiger partial charge in [-0.15, -0.1) is 11.3 Å². The minimum Gasteiger partial charge on any atom is -0.378 e. The van der Waals surface area contributed by atoms with Crippen molar-refractivity contribution in [1.29, 1.82) is 0 Å². The molecule has 0 radical (unpaired) electrons. The van der Waals surface area contributed by atoms with Crippen molar-refractivity contribution in [3.63, 3.8) is 0 Å². The average Bonchev–Trinajstić information content (AvgIpc) is 2.82. The van der Waals surface area contributed by atoms with Gasteiger partial charge in [-0.2, -0.15) is 0 Å². The highest BCUT2D eigenvalue weighted by molar-refractivity contribution is 14.1. The van der Waals surface area contributed by atoms with E-state index < -0.39 is 0 Å². The number of nitrogens with two attached hydrogens (primary N) is 1. The van der Waals surface area contributed by atoms with Gasteiger partial charge in [0.25, 0.3) is 0 Å². The van der Waals surface area contributed by atoms with Crippen molar-refractivity contribution in [2.75, 3.05) is 5.32 Å². The van der Waals surface area contributed by atoms with E-state index >= 15 is 0 Å². The van der Waals surface area contributed by atoms with E-state index in [0.29, 0.717) is 6.04 Å². The molecule has 1 aromatic heterocycles. The molecule has 1 amide bonds. The minimum atomic E-state index is -0.293. The zero-order valence-electron chi connectivity index (χ0n) is 11.6. The van der Waals surface area contributed by atoms with Crippen LogP contribution in [0.15, 0.2) is 30.3 Å². The predicted molar refractivity (Wildman–Crippen MR) is 95.7 cm³/mol. The number of anilines is 1. The molecule has 21 heavy (non-hydrogen) atoms. The van der Waals surface area contributed by atoms with Gasteiger partial charge in [0.2, 0.25) is 5.91 Å². The summed E-state index contributed by atoms with van der Waals surface area (Å²) in [5, 5.41) is 3.62. The second-order valence-corrected chi connectivity index (χ2v) is 8.35. The van der Waals surface area contributed by atoms with E-state index in [1.165, 1.54) is 26.2 Å². The Morgan fingerprint density at radius 2 is 2.24 bits per heavy atom. The number of aryl methyl sites for hydroxylation is 1. The van der Waals surface area contributed by atoms with Crippen molar-refractivity contribution in [1.82, 2.24) is 0 Å². The van der Waals surface area contributed by atoms with Gasteiger partial charge in [0, 0.05) is 10.6 Å². The second-order valence-electron chi connectivity index (χ2n) is 5.32. The number of thiophene rings is 1. The van der Waals surface area contributed by atoms with Gasteiger partial charge < -0.3 is 11.1 Å². The lowest BCUT2D eigenvalue weighted by Gasteiger charge is -2.25. The molecule has 0 bridgehead atoms. The van der Waals surface area contributed by atoms with Crippen LogP contribution in [0.4, 0.5) is 5.69 Å². The molecule has 3 N–H and O–H groups in total. The number of amides is 1. The molecule has 2 aromatic rings. The molecule has 0 aliphatic heterocycles. The molecule has 1 atom stereocenters. The summed E-state index contributed by atoms with van der Waals surface area (Å²) >= 11 is 4.29. The number of fused-ring (bicyclic) bond motifs is 1. The number of para-hydroxylation sites is 1. The number of benzene rings is 1. The summed E-state index contributed by atoms with van der Waals surface area (Å²) < 4.78 is 1.34. The number of hydrogen-bond donors (Lipinski definition) is 2. The first kappa shape index (κ1) is 14.8. The number of rotatable bonds is 4. The Balaban J connectivity index is 1.86. The van der Waals surface area contributed by atoms with Crippen LogP contribution in [0.2, 0.25) is 0 Å². The number of halogens is 1. The molecule has 3 rings (SSSR count). The maximum atomic E-state index is 11.2. The minimum absolute atomic E-state index is 0.282. The van der Waals surface area contributed by atoms with Crippen molar-refractivity contribution in [3.05, 3.63) is 49.2 Å². The van der Waals surface area contributed by atoms with Gasteiger partial charge in [-0.1, -0.05) is 18.2 Å². The van der Waals surface area contributed by atoms with Crippen LogP contribution in [0, 0.1) is 2.88 Å². The van der Waals surface area contributed by atoms with Crippen LogP contribution in [-0.4, -0.2) is 5.91 Å². The summed E-state index contributed by atoms with van der Waals surface area (Å²) in [5.41, 5.74) is 8.76. The maximum absolute atomic E-state index is 11.2. The lowest BCUT2D eigenvalue weighted by atomic mass is 9.93. The molecule has 1 heterocycles. The first-order valence-electron chi connectivity index (χ1n) is 7.04. The number of carbonyl (C=O) groups excluding carboxylic acids is 1. The smallest absolute Gasteiger partial charge is 0.221 e. The molecule has 1 unspecified atom stereocenters. The van der Waals surface area contributed by atoms with Crippen molar-refractivity contribution in [2.24, 2.45) is 5.73 Å². The number of hydrogen-bond acceptors (Lipinski definition) is 3. The van der Waals surface area contributed by atoms with Gasteiger partial charge >= 0.3 is 0 Å². The van der Waals surface area contributed by atoms with Gasteiger partial charge in [0.1, 0.15) is 0 Å². The first-order valence-corrected chi connectivity index (χ1v) is 8.94. The van der Waals surface area contributed by atoms with E-state index in [4.69, 9.17) is 5.73 Å². The van der Waals surface area contributed by atoms with E-state index in [1.807, 2.05) is 35.6 Å². The topological polar surface area (TPSA) is 55.1 Å². The molecule has 110 valence electrons. The van der Waals surface area contributed by atoms with Gasteiger partial charge in [-0.25, -0.2) is 0 Å². The van der Waals surface area contributed by atoms with Crippen molar-refractivity contribution in [2.45, 2.75) is 31.7 Å². The van der Waals surface area contributed by atoms with Crippen LogP contribution in [0.1, 0.15) is 34.9 Å². The van der Waals surface area contributed by atoms with E-state index in [1.54, 1.807) is 0 Å². The molecule has 3 nitrogen and oxygen atoms in total. The Bertz CT molecular complexity index is 668. The highest BCUT2D eigenvalue weighted by Crippen LogP contribution is 2.38. The zero-order chi connectivity index (χ0) is 14.8. The Morgan fingerprint density at radius 3 is 3.05 bits per heavy atom. The summed E-state index contributed by atoms with van der Waals surface area (Å²) in [6, 6.07) is 10.6. The van der Waals surface area contributed by atoms with Crippen LogP contribution in [0.3, 0.4) is 0 Å². The number of primary amides is 1. The van der Waals surface area contributed by atoms with Gasteiger partial charge in [0.05, 0.1) is 15.3 Å². The molecular weight excluding hydrogens is 395 g/mol. The van der Waals surface area contributed by atoms with Crippen molar-refractivity contribution < 1.29 is 4.79 Å². The molecule has 0 saturated heterocycles. The Kier molecular flexibility index (Phi) is 4.49. The molecule has 1 aliphatic rings. The number of nitrogens with one attached hydrogen (secondary N) is 1. The molecule has 1 aliphatic carbocycles. The molecule has 1 aromatic carbocycles. The monoisotopic (exact) mass is 412 g/mol. The fourth-order valence-corrected chi connectivity index (χ4v) is 4.98. The quantitative estimate of drug-likeness (QED) is 0.750. The van der Waals surface area contributed by atoms with E-state index in [0.717, 1.165) is 17.7 Å². The lowest BCUT2D eigenvalue weighted by molar-refractivity contribution is -0.117. The summed E-state index contributed by atoms with van der Waals surface area (Å²) in [4.78, 5) is 12.7. The van der Waals surface area contributed by atoms with Gasteiger partial charge in [-0.3, -0.25) is 4.79 Å². The molecule has 5 heteroatoms.